The van der Waals surface area contributed by atoms with Gasteiger partial charge in [0.2, 0.25) is 0 Å². The third-order valence-corrected chi connectivity index (χ3v) is 4.09. The second kappa shape index (κ2) is 5.09. The van der Waals surface area contributed by atoms with Crippen LogP contribution in [0.25, 0.3) is 10.9 Å². The van der Waals surface area contributed by atoms with Gasteiger partial charge >= 0.3 is 0 Å². The van der Waals surface area contributed by atoms with Gasteiger partial charge in [0, 0.05) is 27.9 Å². The van der Waals surface area contributed by atoms with E-state index in [9.17, 15) is 4.79 Å². The Hall–Kier alpha value is -1.75. The van der Waals surface area contributed by atoms with Crippen LogP contribution in [0.15, 0.2) is 29.3 Å². The van der Waals surface area contributed by atoms with Crippen molar-refractivity contribution in [1.29, 1.82) is 0 Å². The fraction of sp³-hybridized carbons (Fsp3) is 0.286. The van der Waals surface area contributed by atoms with Crippen LogP contribution < -0.4 is 5.32 Å². The van der Waals surface area contributed by atoms with Gasteiger partial charge < -0.3 is 10.3 Å². The van der Waals surface area contributed by atoms with Gasteiger partial charge in [-0.25, -0.2) is 0 Å². The second-order valence-electron chi connectivity index (χ2n) is 4.48. The van der Waals surface area contributed by atoms with Crippen molar-refractivity contribution in [1.82, 2.24) is 10.3 Å². The van der Waals surface area contributed by atoms with Crippen LogP contribution in [0.1, 0.15) is 16.1 Å². The maximum atomic E-state index is 12.4. The summed E-state index contributed by atoms with van der Waals surface area (Å²) in [6.45, 7) is 3.08. The Morgan fingerprint density at radius 1 is 1.47 bits per heavy atom. The van der Waals surface area contributed by atoms with E-state index < -0.39 is 0 Å². The number of aliphatic imine (C=N–C) groups is 1. The van der Waals surface area contributed by atoms with E-state index in [1.807, 2.05) is 31.2 Å². The van der Waals surface area contributed by atoms with Crippen molar-refractivity contribution >= 4 is 33.6 Å². The number of Topliss-reactive ketones (excluding diaryl/α,β-unsaturated/α-hetero) is 1. The van der Waals surface area contributed by atoms with Crippen molar-refractivity contribution in [2.24, 2.45) is 4.99 Å². The molecule has 2 aromatic rings. The molecule has 0 bridgehead atoms. The fourth-order valence-electron chi connectivity index (χ4n) is 2.32. The van der Waals surface area contributed by atoms with Crippen LogP contribution in [-0.2, 0) is 0 Å². The van der Waals surface area contributed by atoms with Crippen LogP contribution in [0, 0.1) is 6.92 Å². The molecule has 4 nitrogen and oxygen atoms in total. The molecule has 1 aromatic carbocycles. The summed E-state index contributed by atoms with van der Waals surface area (Å²) in [4.78, 5) is 19.9. The SMILES string of the molecule is Cc1[nH]c2ccccc2c1C(=O)CNC1=NCCS1. The first-order valence-corrected chi connectivity index (χ1v) is 7.26. The number of rotatable bonds is 3. The molecule has 3 rings (SSSR count). The van der Waals surface area contributed by atoms with Gasteiger partial charge in [0.1, 0.15) is 0 Å². The lowest BCUT2D eigenvalue weighted by atomic mass is 10.1. The van der Waals surface area contributed by atoms with E-state index in [0.29, 0.717) is 6.54 Å². The number of thioether (sulfide) groups is 1. The zero-order chi connectivity index (χ0) is 13.2. The number of carbonyl (C=O) groups excluding carboxylic acids is 1. The van der Waals surface area contributed by atoms with E-state index in [0.717, 1.165) is 39.6 Å². The monoisotopic (exact) mass is 273 g/mol. The number of aryl methyl sites for hydroxylation is 1. The number of carbonyl (C=O) groups is 1. The molecule has 2 heterocycles. The van der Waals surface area contributed by atoms with Gasteiger partial charge in [0.05, 0.1) is 13.1 Å². The maximum Gasteiger partial charge on any atom is 0.184 e. The van der Waals surface area contributed by atoms with Crippen LogP contribution in [0.5, 0.6) is 0 Å². The van der Waals surface area contributed by atoms with Crippen molar-refractivity contribution in [2.75, 3.05) is 18.8 Å². The van der Waals surface area contributed by atoms with E-state index in [2.05, 4.69) is 15.3 Å². The third kappa shape index (κ3) is 2.38. The zero-order valence-electron chi connectivity index (χ0n) is 10.7. The Kier molecular flexibility index (Phi) is 3.29. The number of hydrogen-bond donors (Lipinski definition) is 2. The summed E-state index contributed by atoms with van der Waals surface area (Å²) in [7, 11) is 0. The van der Waals surface area contributed by atoms with E-state index in [-0.39, 0.29) is 5.78 Å². The number of nitrogens with zero attached hydrogens (tertiary/aromatic N) is 1. The molecule has 5 heteroatoms. The molecule has 2 N–H and O–H groups in total. The molecule has 0 amide bonds. The highest BCUT2D eigenvalue weighted by Gasteiger charge is 2.16. The van der Waals surface area contributed by atoms with Gasteiger partial charge in [-0.1, -0.05) is 30.0 Å². The van der Waals surface area contributed by atoms with E-state index >= 15 is 0 Å². The molecular formula is C14H15N3OS. The molecular weight excluding hydrogens is 258 g/mol. The Balaban J connectivity index is 1.82. The average Bonchev–Trinajstić information content (AvgIpc) is 3.02. The first-order chi connectivity index (χ1) is 9.25. The number of aromatic nitrogens is 1. The quantitative estimate of drug-likeness (QED) is 0.844. The summed E-state index contributed by atoms with van der Waals surface area (Å²) in [6, 6.07) is 7.89. The number of amidine groups is 1. The molecule has 0 atom stereocenters. The molecule has 1 aliphatic rings. The molecule has 0 saturated carbocycles. The Labute approximate surface area is 115 Å². The van der Waals surface area contributed by atoms with E-state index in [1.165, 1.54) is 0 Å². The molecule has 0 radical (unpaired) electrons. The van der Waals surface area contributed by atoms with Crippen molar-refractivity contribution in [3.63, 3.8) is 0 Å². The molecule has 0 aliphatic carbocycles. The minimum atomic E-state index is 0.102. The number of H-pyrrole nitrogens is 1. The molecule has 0 fully saturated rings. The minimum absolute atomic E-state index is 0.102. The minimum Gasteiger partial charge on any atom is -0.358 e. The van der Waals surface area contributed by atoms with Gasteiger partial charge in [-0.2, -0.15) is 0 Å². The van der Waals surface area contributed by atoms with Gasteiger partial charge in [-0.3, -0.25) is 9.79 Å². The lowest BCUT2D eigenvalue weighted by molar-refractivity contribution is 0.0997. The predicted octanol–water partition coefficient (Wildman–Crippen LogP) is 2.35. The lowest BCUT2D eigenvalue weighted by Crippen LogP contribution is -2.26. The van der Waals surface area contributed by atoms with Crippen LogP contribution in [0.4, 0.5) is 0 Å². The lowest BCUT2D eigenvalue weighted by Gasteiger charge is -2.04. The highest BCUT2D eigenvalue weighted by molar-refractivity contribution is 8.14. The van der Waals surface area contributed by atoms with Crippen molar-refractivity contribution in [3.05, 3.63) is 35.5 Å². The number of para-hydroxylation sites is 1. The maximum absolute atomic E-state index is 12.4. The molecule has 0 spiro atoms. The van der Waals surface area contributed by atoms with E-state index in [1.54, 1.807) is 11.8 Å². The standard InChI is InChI=1S/C14H15N3OS/c1-9-13(10-4-2-3-5-11(10)17-9)12(18)8-16-14-15-6-7-19-14/h2-5,17H,6-8H2,1H3,(H,15,16). The average molecular weight is 273 g/mol. The molecule has 0 unspecified atom stereocenters. The van der Waals surface area contributed by atoms with Crippen molar-refractivity contribution < 1.29 is 4.79 Å². The Bertz CT molecular complexity index is 660. The Morgan fingerprint density at radius 2 is 2.32 bits per heavy atom. The third-order valence-electron chi connectivity index (χ3n) is 3.16. The first kappa shape index (κ1) is 12.3. The second-order valence-corrected chi connectivity index (χ2v) is 5.57. The van der Waals surface area contributed by atoms with E-state index in [4.69, 9.17) is 0 Å². The number of ketones is 1. The van der Waals surface area contributed by atoms with Gasteiger partial charge in [0.15, 0.2) is 11.0 Å². The predicted molar refractivity (Wildman–Crippen MR) is 80.1 cm³/mol. The van der Waals surface area contributed by atoms with Gasteiger partial charge in [-0.15, -0.1) is 0 Å². The largest absolute Gasteiger partial charge is 0.358 e. The number of fused-ring (bicyclic) bond motifs is 1. The normalized spacial score (nSPS) is 14.7. The number of aromatic amines is 1. The summed E-state index contributed by atoms with van der Waals surface area (Å²) in [6.07, 6.45) is 0. The molecule has 0 saturated heterocycles. The summed E-state index contributed by atoms with van der Waals surface area (Å²) < 4.78 is 0. The van der Waals surface area contributed by atoms with Crippen molar-refractivity contribution in [3.8, 4) is 0 Å². The molecule has 1 aliphatic heterocycles. The van der Waals surface area contributed by atoms with Crippen LogP contribution >= 0.6 is 11.8 Å². The van der Waals surface area contributed by atoms with Crippen LogP contribution in [-0.4, -0.2) is 34.8 Å². The zero-order valence-corrected chi connectivity index (χ0v) is 11.5. The topological polar surface area (TPSA) is 57.2 Å². The summed E-state index contributed by atoms with van der Waals surface area (Å²) in [5, 5.41) is 4.98. The van der Waals surface area contributed by atoms with Gasteiger partial charge in [0.25, 0.3) is 0 Å². The van der Waals surface area contributed by atoms with Gasteiger partial charge in [-0.05, 0) is 13.0 Å². The summed E-state index contributed by atoms with van der Waals surface area (Å²) in [5.41, 5.74) is 2.72. The number of benzene rings is 1. The summed E-state index contributed by atoms with van der Waals surface area (Å²) in [5.74, 6) is 1.10. The molecule has 1 aromatic heterocycles. The highest BCUT2D eigenvalue weighted by atomic mass is 32.2. The van der Waals surface area contributed by atoms with Crippen molar-refractivity contribution in [2.45, 2.75) is 6.92 Å². The molecule has 19 heavy (non-hydrogen) atoms. The van der Waals surface area contributed by atoms with Crippen LogP contribution in [0.3, 0.4) is 0 Å². The first-order valence-electron chi connectivity index (χ1n) is 6.27. The van der Waals surface area contributed by atoms with Crippen LogP contribution in [0.2, 0.25) is 0 Å². The smallest absolute Gasteiger partial charge is 0.184 e. The fourth-order valence-corrected chi connectivity index (χ4v) is 3.06. The number of nitrogens with one attached hydrogen (secondary N) is 2. The highest BCUT2D eigenvalue weighted by Crippen LogP contribution is 2.22. The Morgan fingerprint density at radius 3 is 3.11 bits per heavy atom. The number of hydrogen-bond acceptors (Lipinski definition) is 4. The summed E-state index contributed by atoms with van der Waals surface area (Å²) >= 11 is 1.67. The molecule has 98 valence electrons.